The predicted octanol–water partition coefficient (Wildman–Crippen LogP) is 2.76. The topological polar surface area (TPSA) is 46.2 Å². The average molecular weight is 221 g/mol. The number of nitrogens with two attached hydrogens (primary N) is 1. The van der Waals surface area contributed by atoms with Crippen LogP contribution in [0.5, 0.6) is 0 Å². The van der Waals surface area contributed by atoms with Gasteiger partial charge in [-0.3, -0.25) is 0 Å². The van der Waals surface area contributed by atoms with E-state index in [2.05, 4.69) is 45.0 Å². The monoisotopic (exact) mass is 221 g/mol. The molecule has 0 fully saturated rings. The standard InChI is InChI=1S/C14H23NO/c1-14(2,3)12-8-6-11(7-9-12)13(15)5-4-10-16/h6-9,13,16H,4-5,10,15H2,1-3H3. The molecule has 0 aliphatic rings. The van der Waals surface area contributed by atoms with Crippen molar-refractivity contribution in [3.8, 4) is 0 Å². The molecular formula is C14H23NO. The molecule has 2 nitrogen and oxygen atoms in total. The summed E-state index contributed by atoms with van der Waals surface area (Å²) in [5.41, 5.74) is 8.70. The Hall–Kier alpha value is -0.860. The molecule has 1 atom stereocenters. The Bertz CT molecular complexity index is 311. The molecule has 1 aromatic rings. The Morgan fingerprint density at radius 2 is 1.75 bits per heavy atom. The minimum absolute atomic E-state index is 0.0427. The van der Waals surface area contributed by atoms with Gasteiger partial charge in [-0.1, -0.05) is 45.0 Å². The number of hydrogen-bond donors (Lipinski definition) is 2. The maximum Gasteiger partial charge on any atom is 0.0431 e. The lowest BCUT2D eigenvalue weighted by Crippen LogP contribution is -2.13. The quantitative estimate of drug-likeness (QED) is 0.821. The summed E-state index contributed by atoms with van der Waals surface area (Å²) in [6.07, 6.45) is 1.60. The zero-order valence-electron chi connectivity index (χ0n) is 10.5. The Kier molecular flexibility index (Phi) is 4.51. The minimum Gasteiger partial charge on any atom is -0.396 e. The molecule has 90 valence electrons. The maximum atomic E-state index is 8.76. The normalized spacial score (nSPS) is 13.8. The van der Waals surface area contributed by atoms with Crippen LogP contribution in [0, 0.1) is 0 Å². The maximum absolute atomic E-state index is 8.76. The molecule has 0 radical (unpaired) electrons. The molecule has 0 spiro atoms. The van der Waals surface area contributed by atoms with Gasteiger partial charge in [0, 0.05) is 12.6 Å². The summed E-state index contributed by atoms with van der Waals surface area (Å²) in [6.45, 7) is 6.82. The first-order valence-electron chi connectivity index (χ1n) is 5.92. The van der Waals surface area contributed by atoms with E-state index in [1.54, 1.807) is 0 Å². The molecule has 0 aliphatic carbocycles. The molecule has 0 aromatic heterocycles. The average Bonchev–Trinajstić information content (AvgIpc) is 2.25. The van der Waals surface area contributed by atoms with Gasteiger partial charge >= 0.3 is 0 Å². The summed E-state index contributed by atoms with van der Waals surface area (Å²) < 4.78 is 0. The van der Waals surface area contributed by atoms with E-state index in [1.165, 1.54) is 5.56 Å². The van der Waals surface area contributed by atoms with E-state index >= 15 is 0 Å². The van der Waals surface area contributed by atoms with E-state index in [1.807, 2.05) is 0 Å². The van der Waals surface area contributed by atoms with Crippen molar-refractivity contribution in [2.75, 3.05) is 6.61 Å². The van der Waals surface area contributed by atoms with Gasteiger partial charge in [-0.25, -0.2) is 0 Å². The van der Waals surface area contributed by atoms with Crippen molar-refractivity contribution >= 4 is 0 Å². The first-order valence-corrected chi connectivity index (χ1v) is 5.92. The highest BCUT2D eigenvalue weighted by molar-refractivity contribution is 5.29. The van der Waals surface area contributed by atoms with E-state index in [0.29, 0.717) is 0 Å². The van der Waals surface area contributed by atoms with Gasteiger partial charge in [0.2, 0.25) is 0 Å². The molecule has 1 rings (SSSR count). The van der Waals surface area contributed by atoms with Crippen LogP contribution in [0.2, 0.25) is 0 Å². The fourth-order valence-electron chi connectivity index (χ4n) is 1.71. The summed E-state index contributed by atoms with van der Waals surface area (Å²) in [4.78, 5) is 0. The molecular weight excluding hydrogens is 198 g/mol. The van der Waals surface area contributed by atoms with Crippen LogP contribution in [0.25, 0.3) is 0 Å². The van der Waals surface area contributed by atoms with Crippen molar-refractivity contribution in [1.82, 2.24) is 0 Å². The van der Waals surface area contributed by atoms with Gasteiger partial charge in [-0.05, 0) is 29.4 Å². The smallest absolute Gasteiger partial charge is 0.0431 e. The third-order valence-electron chi connectivity index (χ3n) is 2.88. The van der Waals surface area contributed by atoms with Crippen molar-refractivity contribution in [3.63, 3.8) is 0 Å². The van der Waals surface area contributed by atoms with E-state index in [4.69, 9.17) is 10.8 Å². The second kappa shape index (κ2) is 5.46. The fourth-order valence-corrected chi connectivity index (χ4v) is 1.71. The molecule has 1 aromatic carbocycles. The van der Waals surface area contributed by atoms with Gasteiger partial charge in [0.05, 0.1) is 0 Å². The Labute approximate surface area is 98.5 Å². The van der Waals surface area contributed by atoms with E-state index in [0.717, 1.165) is 18.4 Å². The summed E-state index contributed by atoms with van der Waals surface area (Å²) in [6, 6.07) is 8.54. The van der Waals surface area contributed by atoms with Crippen molar-refractivity contribution in [2.24, 2.45) is 5.73 Å². The highest BCUT2D eigenvalue weighted by atomic mass is 16.2. The van der Waals surface area contributed by atoms with Gasteiger partial charge in [-0.2, -0.15) is 0 Å². The number of aliphatic hydroxyl groups is 1. The molecule has 0 saturated heterocycles. The van der Waals surface area contributed by atoms with Crippen LogP contribution < -0.4 is 5.73 Å². The third kappa shape index (κ3) is 3.62. The largest absolute Gasteiger partial charge is 0.396 e. The number of aliphatic hydroxyl groups excluding tert-OH is 1. The van der Waals surface area contributed by atoms with E-state index < -0.39 is 0 Å². The number of hydrogen-bond acceptors (Lipinski definition) is 2. The van der Waals surface area contributed by atoms with E-state index in [9.17, 15) is 0 Å². The Morgan fingerprint density at radius 1 is 1.19 bits per heavy atom. The van der Waals surface area contributed by atoms with Crippen LogP contribution >= 0.6 is 0 Å². The van der Waals surface area contributed by atoms with Gasteiger partial charge in [0.15, 0.2) is 0 Å². The minimum atomic E-state index is 0.0427. The van der Waals surface area contributed by atoms with Crippen molar-refractivity contribution in [2.45, 2.75) is 45.1 Å². The molecule has 16 heavy (non-hydrogen) atoms. The van der Waals surface area contributed by atoms with Gasteiger partial charge < -0.3 is 10.8 Å². The molecule has 0 aliphatic heterocycles. The van der Waals surface area contributed by atoms with Gasteiger partial charge in [0.1, 0.15) is 0 Å². The zero-order valence-corrected chi connectivity index (χ0v) is 10.5. The molecule has 0 amide bonds. The zero-order chi connectivity index (χ0) is 12.2. The van der Waals surface area contributed by atoms with Crippen LogP contribution in [-0.2, 0) is 5.41 Å². The number of rotatable bonds is 4. The molecule has 0 bridgehead atoms. The lowest BCUT2D eigenvalue weighted by atomic mass is 9.86. The predicted molar refractivity (Wildman–Crippen MR) is 68.4 cm³/mol. The SMILES string of the molecule is CC(C)(C)c1ccc(C(N)CCCO)cc1. The lowest BCUT2D eigenvalue weighted by Gasteiger charge is -2.20. The first-order chi connectivity index (χ1) is 7.45. The summed E-state index contributed by atoms with van der Waals surface area (Å²) in [5.74, 6) is 0. The van der Waals surface area contributed by atoms with Crippen LogP contribution in [-0.4, -0.2) is 11.7 Å². The molecule has 0 heterocycles. The van der Waals surface area contributed by atoms with Crippen LogP contribution in [0.1, 0.15) is 50.8 Å². The number of benzene rings is 1. The Morgan fingerprint density at radius 3 is 2.19 bits per heavy atom. The summed E-state index contributed by atoms with van der Waals surface area (Å²) in [5, 5.41) is 8.76. The highest BCUT2D eigenvalue weighted by Gasteiger charge is 2.13. The molecule has 2 heteroatoms. The van der Waals surface area contributed by atoms with Crippen molar-refractivity contribution in [3.05, 3.63) is 35.4 Å². The van der Waals surface area contributed by atoms with Crippen LogP contribution in [0.15, 0.2) is 24.3 Å². The second-order valence-corrected chi connectivity index (χ2v) is 5.34. The molecule has 3 N–H and O–H groups in total. The first kappa shape index (κ1) is 13.2. The van der Waals surface area contributed by atoms with Gasteiger partial charge in [0.25, 0.3) is 0 Å². The van der Waals surface area contributed by atoms with E-state index in [-0.39, 0.29) is 18.1 Å². The summed E-state index contributed by atoms with van der Waals surface area (Å²) in [7, 11) is 0. The third-order valence-corrected chi connectivity index (χ3v) is 2.88. The molecule has 0 saturated carbocycles. The second-order valence-electron chi connectivity index (χ2n) is 5.34. The Balaban J connectivity index is 2.71. The summed E-state index contributed by atoms with van der Waals surface area (Å²) >= 11 is 0. The van der Waals surface area contributed by atoms with Gasteiger partial charge in [-0.15, -0.1) is 0 Å². The fraction of sp³-hybridized carbons (Fsp3) is 0.571. The highest BCUT2D eigenvalue weighted by Crippen LogP contribution is 2.24. The molecule has 1 unspecified atom stereocenters. The van der Waals surface area contributed by atoms with Crippen LogP contribution in [0.3, 0.4) is 0 Å². The van der Waals surface area contributed by atoms with Crippen LogP contribution in [0.4, 0.5) is 0 Å². The lowest BCUT2D eigenvalue weighted by molar-refractivity contribution is 0.280. The van der Waals surface area contributed by atoms with Crippen molar-refractivity contribution < 1.29 is 5.11 Å². The van der Waals surface area contributed by atoms with Crippen molar-refractivity contribution in [1.29, 1.82) is 0 Å².